The molecule has 126 valence electrons. The van der Waals surface area contributed by atoms with Gasteiger partial charge in [-0.3, -0.25) is 9.78 Å². The van der Waals surface area contributed by atoms with E-state index in [9.17, 15) is 4.79 Å². The van der Waals surface area contributed by atoms with Crippen molar-refractivity contribution in [1.29, 1.82) is 0 Å². The third-order valence-electron chi connectivity index (χ3n) is 3.74. The van der Waals surface area contributed by atoms with Crippen LogP contribution in [-0.4, -0.2) is 42.5 Å². The number of pyridine rings is 1. The molecule has 0 aliphatic heterocycles. The van der Waals surface area contributed by atoms with Crippen molar-refractivity contribution in [3.8, 4) is 5.75 Å². The lowest BCUT2D eigenvalue weighted by atomic mass is 10.1. The molecule has 0 saturated carbocycles. The van der Waals surface area contributed by atoms with Crippen molar-refractivity contribution in [1.82, 2.24) is 9.88 Å². The Hall–Kier alpha value is -1.85. The highest BCUT2D eigenvalue weighted by atomic mass is 35.5. The maximum absolute atomic E-state index is 12.2. The Morgan fingerprint density at radius 3 is 2.70 bits per heavy atom. The van der Waals surface area contributed by atoms with Crippen LogP contribution in [0.25, 0.3) is 10.9 Å². The minimum atomic E-state index is -0.00731. The number of rotatable bonds is 7. The molecule has 0 aliphatic carbocycles. The number of carbonyl (C=O) groups is 1. The molecule has 2 aromatic rings. The molecule has 2 rings (SSSR count). The number of methoxy groups -OCH3 is 1. The fourth-order valence-corrected chi connectivity index (χ4v) is 2.39. The number of benzene rings is 1. The SMILES string of the molecule is CCN(CC)CCC(=O)Nc1cc(OC)cc2cccnc12.Cl. The van der Waals surface area contributed by atoms with Gasteiger partial charge in [0.15, 0.2) is 0 Å². The fraction of sp³-hybridized carbons (Fsp3) is 0.412. The summed E-state index contributed by atoms with van der Waals surface area (Å²) in [6.07, 6.45) is 2.19. The Bertz CT molecular complexity index is 645. The molecule has 5 nitrogen and oxygen atoms in total. The second-order valence-electron chi connectivity index (χ2n) is 5.08. The van der Waals surface area contributed by atoms with Crippen LogP contribution in [0.2, 0.25) is 0 Å². The average molecular weight is 338 g/mol. The van der Waals surface area contributed by atoms with Crippen molar-refractivity contribution in [2.45, 2.75) is 20.3 Å². The van der Waals surface area contributed by atoms with E-state index in [1.54, 1.807) is 13.3 Å². The number of nitrogens with zero attached hydrogens (tertiary/aromatic N) is 2. The zero-order valence-electron chi connectivity index (χ0n) is 13.8. The number of anilines is 1. The first kappa shape index (κ1) is 19.2. The summed E-state index contributed by atoms with van der Waals surface area (Å²) in [4.78, 5) is 18.8. The van der Waals surface area contributed by atoms with Gasteiger partial charge in [0, 0.05) is 30.6 Å². The number of hydrogen-bond acceptors (Lipinski definition) is 4. The normalized spacial score (nSPS) is 10.4. The van der Waals surface area contributed by atoms with Gasteiger partial charge in [0.05, 0.1) is 18.3 Å². The predicted octanol–water partition coefficient (Wildman–Crippen LogP) is 3.34. The van der Waals surface area contributed by atoms with E-state index in [0.29, 0.717) is 17.9 Å². The van der Waals surface area contributed by atoms with Crippen LogP contribution in [0.15, 0.2) is 30.5 Å². The molecular weight excluding hydrogens is 314 g/mol. The molecule has 0 bridgehead atoms. The van der Waals surface area contributed by atoms with Gasteiger partial charge in [-0.2, -0.15) is 0 Å². The molecule has 6 heteroatoms. The minimum Gasteiger partial charge on any atom is -0.497 e. The van der Waals surface area contributed by atoms with Gasteiger partial charge in [-0.15, -0.1) is 12.4 Å². The number of aromatic nitrogens is 1. The van der Waals surface area contributed by atoms with Gasteiger partial charge in [0.1, 0.15) is 5.75 Å². The zero-order valence-corrected chi connectivity index (χ0v) is 14.7. The van der Waals surface area contributed by atoms with Gasteiger partial charge in [0.2, 0.25) is 5.91 Å². The maximum atomic E-state index is 12.2. The molecule has 0 spiro atoms. The van der Waals surface area contributed by atoms with E-state index in [0.717, 1.165) is 30.5 Å². The van der Waals surface area contributed by atoms with E-state index in [4.69, 9.17) is 4.74 Å². The highest BCUT2D eigenvalue weighted by Crippen LogP contribution is 2.27. The average Bonchev–Trinajstić information content (AvgIpc) is 2.55. The number of ether oxygens (including phenoxy) is 1. The summed E-state index contributed by atoms with van der Waals surface area (Å²) in [5, 5.41) is 3.90. The molecule has 1 aromatic carbocycles. The van der Waals surface area contributed by atoms with E-state index in [1.807, 2.05) is 24.3 Å². The summed E-state index contributed by atoms with van der Waals surface area (Å²) in [6, 6.07) is 7.54. The van der Waals surface area contributed by atoms with Crippen LogP contribution < -0.4 is 10.1 Å². The van der Waals surface area contributed by atoms with Crippen LogP contribution >= 0.6 is 12.4 Å². The lowest BCUT2D eigenvalue weighted by Gasteiger charge is -2.17. The zero-order chi connectivity index (χ0) is 15.9. The summed E-state index contributed by atoms with van der Waals surface area (Å²) < 4.78 is 5.29. The van der Waals surface area contributed by atoms with Crippen LogP contribution in [0.3, 0.4) is 0 Å². The van der Waals surface area contributed by atoms with Gasteiger partial charge in [0.25, 0.3) is 0 Å². The number of nitrogens with one attached hydrogen (secondary N) is 1. The third kappa shape index (κ3) is 5.08. The van der Waals surface area contributed by atoms with Crippen LogP contribution in [0, 0.1) is 0 Å². The van der Waals surface area contributed by atoms with E-state index in [2.05, 4.69) is 29.0 Å². The molecule has 23 heavy (non-hydrogen) atoms. The molecule has 1 N–H and O–H groups in total. The van der Waals surface area contributed by atoms with Gasteiger partial charge >= 0.3 is 0 Å². The molecule has 0 saturated heterocycles. The summed E-state index contributed by atoms with van der Waals surface area (Å²) >= 11 is 0. The summed E-state index contributed by atoms with van der Waals surface area (Å²) in [5.74, 6) is 0.701. The first-order chi connectivity index (χ1) is 10.7. The smallest absolute Gasteiger partial charge is 0.225 e. The topological polar surface area (TPSA) is 54.5 Å². The Balaban J connectivity index is 0.00000264. The van der Waals surface area contributed by atoms with Crippen molar-refractivity contribution in [2.24, 2.45) is 0 Å². The monoisotopic (exact) mass is 337 g/mol. The lowest BCUT2D eigenvalue weighted by Crippen LogP contribution is -2.27. The van der Waals surface area contributed by atoms with E-state index < -0.39 is 0 Å². The number of fused-ring (bicyclic) bond motifs is 1. The van der Waals surface area contributed by atoms with Crippen LogP contribution in [-0.2, 0) is 4.79 Å². The van der Waals surface area contributed by atoms with Gasteiger partial charge in [-0.05, 0) is 25.2 Å². The largest absolute Gasteiger partial charge is 0.497 e. The summed E-state index contributed by atoms with van der Waals surface area (Å²) in [5.41, 5.74) is 1.47. The van der Waals surface area contributed by atoms with Crippen LogP contribution in [0.4, 0.5) is 5.69 Å². The van der Waals surface area contributed by atoms with Crippen molar-refractivity contribution < 1.29 is 9.53 Å². The Morgan fingerprint density at radius 2 is 2.04 bits per heavy atom. The second kappa shape index (κ2) is 9.33. The van der Waals surface area contributed by atoms with E-state index in [-0.39, 0.29) is 18.3 Å². The number of hydrogen-bond donors (Lipinski definition) is 1. The van der Waals surface area contributed by atoms with Crippen molar-refractivity contribution >= 4 is 34.9 Å². The second-order valence-corrected chi connectivity index (χ2v) is 5.08. The number of amides is 1. The molecular formula is C17H24ClN3O2. The fourth-order valence-electron chi connectivity index (χ4n) is 2.39. The summed E-state index contributed by atoms with van der Waals surface area (Å²) in [7, 11) is 1.61. The first-order valence-corrected chi connectivity index (χ1v) is 7.62. The Labute approximate surface area is 143 Å². The summed E-state index contributed by atoms with van der Waals surface area (Å²) in [6.45, 7) is 6.86. The lowest BCUT2D eigenvalue weighted by molar-refractivity contribution is -0.116. The van der Waals surface area contributed by atoms with Crippen molar-refractivity contribution in [2.75, 3.05) is 32.1 Å². The highest BCUT2D eigenvalue weighted by molar-refractivity contribution is 6.01. The Kier molecular flexibility index (Phi) is 7.78. The minimum absolute atomic E-state index is 0. The molecule has 0 fully saturated rings. The molecule has 0 atom stereocenters. The van der Waals surface area contributed by atoms with Crippen molar-refractivity contribution in [3.63, 3.8) is 0 Å². The van der Waals surface area contributed by atoms with Gasteiger partial charge < -0.3 is 15.0 Å². The van der Waals surface area contributed by atoms with Crippen molar-refractivity contribution in [3.05, 3.63) is 30.5 Å². The predicted molar refractivity (Wildman–Crippen MR) is 96.6 cm³/mol. The number of halogens is 1. The molecule has 0 unspecified atom stereocenters. The number of carbonyl (C=O) groups excluding carboxylic acids is 1. The molecule has 1 amide bonds. The maximum Gasteiger partial charge on any atom is 0.225 e. The Morgan fingerprint density at radius 1 is 1.30 bits per heavy atom. The molecule has 1 aromatic heterocycles. The van der Waals surface area contributed by atoms with Gasteiger partial charge in [-0.1, -0.05) is 19.9 Å². The molecule has 0 aliphatic rings. The van der Waals surface area contributed by atoms with Crippen LogP contribution in [0.1, 0.15) is 20.3 Å². The highest BCUT2D eigenvalue weighted by Gasteiger charge is 2.10. The standard InChI is InChI=1S/C17H23N3O2.ClH/c1-4-20(5-2)10-8-16(21)19-15-12-14(22-3)11-13-7-6-9-18-17(13)15;/h6-7,9,11-12H,4-5,8,10H2,1-3H3,(H,19,21);1H. The van der Waals surface area contributed by atoms with E-state index in [1.165, 1.54) is 0 Å². The molecule has 1 heterocycles. The third-order valence-corrected chi connectivity index (χ3v) is 3.74. The first-order valence-electron chi connectivity index (χ1n) is 7.62. The van der Waals surface area contributed by atoms with Gasteiger partial charge in [-0.25, -0.2) is 0 Å². The van der Waals surface area contributed by atoms with Crippen LogP contribution in [0.5, 0.6) is 5.75 Å². The quantitative estimate of drug-likeness (QED) is 0.842. The molecule has 0 radical (unpaired) electrons. The van der Waals surface area contributed by atoms with E-state index >= 15 is 0 Å².